The normalized spacial score (nSPS) is 14.8. The Hall–Kier alpha value is -3.61. The molecular formula is C18H15N3O4. The van der Waals surface area contributed by atoms with E-state index in [1.54, 1.807) is 37.5 Å². The third kappa shape index (κ3) is 3.84. The standard InChI is InChI=1S/C18H15N3O4/c1-25-14-8-2-11(3-9-14)10-15-16(22)21-18(20-15)19-13-6-4-12(5-7-13)17(23)24/h2-10H,1H3,(H,23,24)(H2,19,20,21,22)/b15-10-. The van der Waals surface area contributed by atoms with Crippen LogP contribution >= 0.6 is 0 Å². The highest BCUT2D eigenvalue weighted by Crippen LogP contribution is 2.17. The van der Waals surface area contributed by atoms with Gasteiger partial charge in [0.2, 0.25) is 5.96 Å². The molecule has 0 radical (unpaired) electrons. The molecule has 0 saturated carbocycles. The van der Waals surface area contributed by atoms with E-state index in [0.29, 0.717) is 5.69 Å². The molecule has 1 aliphatic heterocycles. The first-order valence-electron chi connectivity index (χ1n) is 7.41. The van der Waals surface area contributed by atoms with E-state index in [-0.39, 0.29) is 23.1 Å². The van der Waals surface area contributed by atoms with Crippen molar-refractivity contribution in [3.05, 3.63) is 65.4 Å². The molecule has 2 aromatic rings. The van der Waals surface area contributed by atoms with E-state index in [2.05, 4.69) is 15.6 Å². The minimum atomic E-state index is -0.997. The van der Waals surface area contributed by atoms with Gasteiger partial charge in [-0.15, -0.1) is 0 Å². The van der Waals surface area contributed by atoms with Gasteiger partial charge >= 0.3 is 5.97 Å². The van der Waals surface area contributed by atoms with Crippen molar-refractivity contribution in [2.75, 3.05) is 12.4 Å². The summed E-state index contributed by atoms with van der Waals surface area (Å²) in [5.74, 6) is -0.301. The maximum absolute atomic E-state index is 12.0. The molecule has 1 amide bonds. The van der Waals surface area contributed by atoms with Gasteiger partial charge in [-0.05, 0) is 48.0 Å². The summed E-state index contributed by atoms with van der Waals surface area (Å²) in [4.78, 5) is 27.1. The van der Waals surface area contributed by atoms with Crippen LogP contribution in [-0.2, 0) is 4.79 Å². The molecule has 1 heterocycles. The number of hydrogen-bond donors (Lipinski definition) is 3. The molecule has 25 heavy (non-hydrogen) atoms. The van der Waals surface area contributed by atoms with Gasteiger partial charge in [0.25, 0.3) is 5.91 Å². The van der Waals surface area contributed by atoms with Crippen LogP contribution in [0.3, 0.4) is 0 Å². The number of anilines is 1. The molecule has 0 unspecified atom stereocenters. The topological polar surface area (TPSA) is 100 Å². The molecule has 0 fully saturated rings. The van der Waals surface area contributed by atoms with E-state index >= 15 is 0 Å². The van der Waals surface area contributed by atoms with Gasteiger partial charge in [-0.1, -0.05) is 12.1 Å². The van der Waals surface area contributed by atoms with Gasteiger partial charge in [0, 0.05) is 5.69 Å². The molecule has 0 aliphatic carbocycles. The van der Waals surface area contributed by atoms with E-state index < -0.39 is 5.97 Å². The Balaban J connectivity index is 1.75. The molecule has 0 spiro atoms. The second-order valence-electron chi connectivity index (χ2n) is 5.22. The van der Waals surface area contributed by atoms with Gasteiger partial charge in [0.15, 0.2) is 0 Å². The van der Waals surface area contributed by atoms with Crippen molar-refractivity contribution in [3.63, 3.8) is 0 Å². The third-order valence-corrected chi connectivity index (χ3v) is 3.51. The van der Waals surface area contributed by atoms with Gasteiger partial charge in [-0.3, -0.25) is 10.1 Å². The van der Waals surface area contributed by atoms with E-state index in [0.717, 1.165) is 11.3 Å². The van der Waals surface area contributed by atoms with E-state index in [9.17, 15) is 9.59 Å². The van der Waals surface area contributed by atoms with Crippen LogP contribution in [-0.4, -0.2) is 30.1 Å². The van der Waals surface area contributed by atoms with Crippen molar-refractivity contribution >= 4 is 29.6 Å². The number of hydrogen-bond acceptors (Lipinski definition) is 5. The Morgan fingerprint density at radius 1 is 1.16 bits per heavy atom. The second-order valence-corrected chi connectivity index (χ2v) is 5.22. The first-order valence-corrected chi connectivity index (χ1v) is 7.41. The molecule has 0 aromatic heterocycles. The number of aliphatic imine (C=N–C) groups is 1. The van der Waals surface area contributed by atoms with Gasteiger partial charge < -0.3 is 15.2 Å². The highest BCUT2D eigenvalue weighted by Gasteiger charge is 2.20. The van der Waals surface area contributed by atoms with E-state index in [1.165, 1.54) is 12.1 Å². The zero-order valence-electron chi connectivity index (χ0n) is 13.3. The molecule has 1 aliphatic rings. The van der Waals surface area contributed by atoms with Crippen LogP contribution in [0.1, 0.15) is 15.9 Å². The highest BCUT2D eigenvalue weighted by molar-refractivity contribution is 6.17. The summed E-state index contributed by atoms with van der Waals surface area (Å²) in [6.07, 6.45) is 1.66. The van der Waals surface area contributed by atoms with Crippen molar-refractivity contribution in [1.82, 2.24) is 5.32 Å². The number of ether oxygens (including phenoxy) is 1. The average molecular weight is 337 g/mol. The van der Waals surface area contributed by atoms with Gasteiger partial charge in [-0.2, -0.15) is 0 Å². The van der Waals surface area contributed by atoms with Crippen LogP contribution in [0, 0.1) is 0 Å². The Labute approximate surface area is 143 Å². The molecule has 3 rings (SSSR count). The number of carbonyl (C=O) groups excluding carboxylic acids is 1. The Morgan fingerprint density at radius 2 is 1.84 bits per heavy atom. The molecule has 7 nitrogen and oxygen atoms in total. The molecule has 0 saturated heterocycles. The Morgan fingerprint density at radius 3 is 2.44 bits per heavy atom. The van der Waals surface area contributed by atoms with Crippen LogP contribution in [0.4, 0.5) is 5.69 Å². The Bertz CT molecular complexity index is 868. The van der Waals surface area contributed by atoms with Gasteiger partial charge in [-0.25, -0.2) is 9.79 Å². The molecule has 2 aromatic carbocycles. The number of methoxy groups -OCH3 is 1. The Kier molecular flexibility index (Phi) is 4.47. The van der Waals surface area contributed by atoms with E-state index in [1.807, 2.05) is 12.1 Å². The van der Waals surface area contributed by atoms with Gasteiger partial charge in [0.05, 0.1) is 12.7 Å². The minimum Gasteiger partial charge on any atom is -0.497 e. The van der Waals surface area contributed by atoms with Crippen LogP contribution < -0.4 is 15.4 Å². The molecular weight excluding hydrogens is 322 g/mol. The lowest BCUT2D eigenvalue weighted by molar-refractivity contribution is -0.115. The SMILES string of the molecule is COc1ccc(/C=C2\N=C(Nc3ccc(C(=O)O)cc3)NC2=O)cc1. The number of aromatic carboxylic acids is 1. The van der Waals surface area contributed by atoms with Crippen molar-refractivity contribution in [1.29, 1.82) is 0 Å². The zero-order chi connectivity index (χ0) is 17.8. The number of carboxylic acid groups (broad SMARTS) is 1. The fraction of sp³-hybridized carbons (Fsp3) is 0.0556. The second kappa shape index (κ2) is 6.88. The number of nitrogens with zero attached hydrogens (tertiary/aromatic N) is 1. The van der Waals surface area contributed by atoms with Crippen molar-refractivity contribution in [2.45, 2.75) is 0 Å². The maximum Gasteiger partial charge on any atom is 0.335 e. The molecule has 3 N–H and O–H groups in total. The number of rotatable bonds is 4. The monoisotopic (exact) mass is 337 g/mol. The molecule has 0 atom stereocenters. The van der Waals surface area contributed by atoms with Crippen molar-refractivity contribution < 1.29 is 19.4 Å². The lowest BCUT2D eigenvalue weighted by Crippen LogP contribution is -2.29. The molecule has 0 bridgehead atoms. The minimum absolute atomic E-state index is 0.183. The van der Waals surface area contributed by atoms with Crippen LogP contribution in [0.15, 0.2) is 59.2 Å². The predicted octanol–water partition coefficient (Wildman–Crippen LogP) is 2.33. The molecule has 7 heteroatoms. The fourth-order valence-electron chi connectivity index (χ4n) is 2.22. The van der Waals surface area contributed by atoms with E-state index in [4.69, 9.17) is 9.84 Å². The number of amides is 1. The summed E-state index contributed by atoms with van der Waals surface area (Å²) in [7, 11) is 1.59. The first-order chi connectivity index (χ1) is 12.0. The smallest absolute Gasteiger partial charge is 0.335 e. The summed E-state index contributed by atoms with van der Waals surface area (Å²) >= 11 is 0. The largest absolute Gasteiger partial charge is 0.497 e. The number of guanidine groups is 1. The van der Waals surface area contributed by atoms with Crippen LogP contribution in [0.25, 0.3) is 6.08 Å². The summed E-state index contributed by atoms with van der Waals surface area (Å²) in [6.45, 7) is 0. The first kappa shape index (κ1) is 16.3. The highest BCUT2D eigenvalue weighted by atomic mass is 16.5. The summed E-state index contributed by atoms with van der Waals surface area (Å²) in [5.41, 5.74) is 1.90. The maximum atomic E-state index is 12.0. The fourth-order valence-corrected chi connectivity index (χ4v) is 2.22. The third-order valence-electron chi connectivity index (χ3n) is 3.51. The average Bonchev–Trinajstić information content (AvgIpc) is 2.95. The number of benzene rings is 2. The molecule has 126 valence electrons. The summed E-state index contributed by atoms with van der Waals surface area (Å²) < 4.78 is 5.09. The summed E-state index contributed by atoms with van der Waals surface area (Å²) in [6, 6.07) is 13.4. The van der Waals surface area contributed by atoms with Crippen LogP contribution in [0.5, 0.6) is 5.75 Å². The van der Waals surface area contributed by atoms with Crippen molar-refractivity contribution in [2.24, 2.45) is 4.99 Å². The number of carbonyl (C=O) groups is 2. The number of carboxylic acids is 1. The van der Waals surface area contributed by atoms with Crippen molar-refractivity contribution in [3.8, 4) is 5.75 Å². The van der Waals surface area contributed by atoms with Crippen LogP contribution in [0.2, 0.25) is 0 Å². The quantitative estimate of drug-likeness (QED) is 0.744. The lowest BCUT2D eigenvalue weighted by atomic mass is 10.2. The predicted molar refractivity (Wildman–Crippen MR) is 93.6 cm³/mol. The lowest BCUT2D eigenvalue weighted by Gasteiger charge is -2.05. The summed E-state index contributed by atoms with van der Waals surface area (Å²) in [5, 5.41) is 14.4. The van der Waals surface area contributed by atoms with Gasteiger partial charge in [0.1, 0.15) is 11.4 Å². The zero-order valence-corrected chi connectivity index (χ0v) is 13.3. The number of nitrogens with one attached hydrogen (secondary N) is 2.